The Labute approximate surface area is 175 Å². The number of hydroxylamine groups is 2. The van der Waals surface area contributed by atoms with Crippen molar-refractivity contribution in [2.24, 2.45) is 0 Å². The molecule has 2 aromatic heterocycles. The Morgan fingerprint density at radius 3 is 2.36 bits per heavy atom. The smallest absolute Gasteiger partial charge is 0.322 e. The Hall–Kier alpha value is -2.38. The molecule has 1 aliphatic heterocycles. The molecule has 1 aromatic carbocycles. The predicted molar refractivity (Wildman–Crippen MR) is 116 cm³/mol. The van der Waals surface area contributed by atoms with Gasteiger partial charge in [0.25, 0.3) is 0 Å². The average molecular weight is 413 g/mol. The fourth-order valence-corrected chi connectivity index (χ4v) is 3.93. The van der Waals surface area contributed by atoms with Crippen molar-refractivity contribution in [3.63, 3.8) is 0 Å². The third-order valence-corrected chi connectivity index (χ3v) is 5.61. The number of pyridine rings is 1. The molecule has 146 valence electrons. The van der Waals surface area contributed by atoms with Crippen molar-refractivity contribution in [2.45, 2.75) is 43.2 Å². The molecular weight excluding hydrogens is 388 g/mol. The quantitative estimate of drug-likeness (QED) is 0.431. The number of hydrogen-bond acceptors (Lipinski definition) is 5. The van der Waals surface area contributed by atoms with Gasteiger partial charge < -0.3 is 9.40 Å². The topological polar surface area (TPSA) is 46.2 Å². The van der Waals surface area contributed by atoms with Crippen molar-refractivity contribution in [1.29, 1.82) is 0 Å². The lowest BCUT2D eigenvalue weighted by atomic mass is 10.1. The van der Waals surface area contributed by atoms with Crippen LogP contribution in [0.1, 0.15) is 36.8 Å². The monoisotopic (exact) mass is 412 g/mol. The molecule has 0 amide bonds. The van der Waals surface area contributed by atoms with Gasteiger partial charge in [-0.1, -0.05) is 49.9 Å². The third-order valence-electron chi connectivity index (χ3n) is 4.14. The molecule has 3 aromatic rings. The van der Waals surface area contributed by atoms with Gasteiger partial charge in [-0.3, -0.25) is 4.98 Å². The van der Waals surface area contributed by atoms with E-state index < -0.39 is 0 Å². The summed E-state index contributed by atoms with van der Waals surface area (Å²) in [6, 6.07) is 14.6. The number of aromatic nitrogens is 3. The number of hydrogen-bond donors (Lipinski definition) is 0. The molecule has 0 unspecified atom stereocenters. The highest BCUT2D eigenvalue weighted by atomic mass is 32.2. The van der Waals surface area contributed by atoms with Gasteiger partial charge in [0.1, 0.15) is 10.9 Å². The zero-order chi connectivity index (χ0) is 20.1. The molecule has 0 spiro atoms. The summed E-state index contributed by atoms with van der Waals surface area (Å²) in [6.45, 7) is 7.28. The van der Waals surface area contributed by atoms with E-state index in [1.54, 1.807) is 18.8 Å². The van der Waals surface area contributed by atoms with Crippen LogP contribution in [-0.4, -0.2) is 31.8 Å². The Balaban J connectivity index is 0.000000391. The second-order valence-corrected chi connectivity index (χ2v) is 8.13. The molecule has 1 fully saturated rings. The lowest BCUT2D eigenvalue weighted by Gasteiger charge is -2.12. The van der Waals surface area contributed by atoms with Crippen LogP contribution in [0, 0.1) is 6.92 Å². The lowest BCUT2D eigenvalue weighted by Crippen LogP contribution is -2.04. The summed E-state index contributed by atoms with van der Waals surface area (Å²) in [4.78, 5) is 14.8. The Morgan fingerprint density at radius 1 is 1.14 bits per heavy atom. The van der Waals surface area contributed by atoms with Gasteiger partial charge in [0.2, 0.25) is 0 Å². The molecule has 0 N–H and O–H groups in total. The number of nitrogens with zero attached hydrogens (tertiary/aromatic N) is 4. The van der Waals surface area contributed by atoms with E-state index in [-0.39, 0.29) is 0 Å². The van der Waals surface area contributed by atoms with E-state index in [1.807, 2.05) is 24.5 Å². The van der Waals surface area contributed by atoms with Crippen LogP contribution in [0.15, 0.2) is 64.8 Å². The normalized spacial score (nSPS) is 12.5. The van der Waals surface area contributed by atoms with Crippen LogP contribution in [0.2, 0.25) is 0 Å². The highest BCUT2D eigenvalue weighted by Crippen LogP contribution is 2.35. The summed E-state index contributed by atoms with van der Waals surface area (Å²) in [5.74, 6) is 1.45. The number of aryl methyl sites for hydroxylation is 1. The molecule has 28 heavy (non-hydrogen) atoms. The summed E-state index contributed by atoms with van der Waals surface area (Å²) >= 11 is 6.26. The van der Waals surface area contributed by atoms with E-state index in [0.29, 0.717) is 11.1 Å². The number of imidazole rings is 1. The first-order valence-corrected chi connectivity index (χ1v) is 10.3. The predicted octanol–water partition coefficient (Wildman–Crippen LogP) is 5.06. The van der Waals surface area contributed by atoms with Crippen molar-refractivity contribution < 1.29 is 4.84 Å². The maximum Gasteiger partial charge on any atom is 0.322 e. The van der Waals surface area contributed by atoms with Crippen molar-refractivity contribution >= 4 is 29.2 Å². The molecule has 5 nitrogen and oxygen atoms in total. The molecule has 0 saturated carbocycles. The van der Waals surface area contributed by atoms with Gasteiger partial charge in [0, 0.05) is 24.3 Å². The molecule has 3 heterocycles. The Kier molecular flexibility index (Phi) is 6.70. The minimum Gasteiger partial charge on any atom is -0.342 e. The summed E-state index contributed by atoms with van der Waals surface area (Å²) in [5.41, 5.74) is 2.36. The van der Waals surface area contributed by atoms with Crippen LogP contribution in [-0.2, 0) is 11.4 Å². The van der Waals surface area contributed by atoms with E-state index >= 15 is 0 Å². The standard InChI is InChI=1S/C19H21N3S.C2H3NOS/c1-14(2)18-19(23-17-9-5-4-6-10-17)22(15(3)21-18)13-16-8-7-11-20-12-16;1-3-2(5)4-3/h4-12,14H,13H2,1-3H3;1H3. The van der Waals surface area contributed by atoms with Gasteiger partial charge >= 0.3 is 5.17 Å². The Bertz CT molecular complexity index is 926. The maximum atomic E-state index is 4.82. The van der Waals surface area contributed by atoms with E-state index in [0.717, 1.165) is 12.4 Å². The van der Waals surface area contributed by atoms with Crippen LogP contribution in [0.5, 0.6) is 0 Å². The van der Waals surface area contributed by atoms with Gasteiger partial charge in [-0.2, -0.15) is 5.06 Å². The van der Waals surface area contributed by atoms with Crippen LogP contribution < -0.4 is 0 Å². The third kappa shape index (κ3) is 5.33. The average Bonchev–Trinajstić information content (AvgIpc) is 3.25. The molecule has 1 saturated heterocycles. The first-order valence-electron chi connectivity index (χ1n) is 9.10. The van der Waals surface area contributed by atoms with Crippen molar-refractivity contribution in [3.8, 4) is 0 Å². The van der Waals surface area contributed by atoms with Crippen LogP contribution in [0.3, 0.4) is 0 Å². The number of rotatable bonds is 5. The molecule has 0 aliphatic carbocycles. The highest BCUT2D eigenvalue weighted by molar-refractivity contribution is 7.99. The van der Waals surface area contributed by atoms with E-state index in [1.165, 1.54) is 26.2 Å². The maximum absolute atomic E-state index is 4.82. The van der Waals surface area contributed by atoms with Crippen LogP contribution in [0.25, 0.3) is 0 Å². The molecule has 1 aliphatic rings. The fraction of sp³-hybridized carbons (Fsp3) is 0.286. The van der Waals surface area contributed by atoms with E-state index in [9.17, 15) is 0 Å². The molecule has 4 rings (SSSR count). The van der Waals surface area contributed by atoms with Gasteiger partial charge in [-0.25, -0.2) is 4.98 Å². The minimum atomic E-state index is 0.398. The molecule has 0 bridgehead atoms. The summed E-state index contributed by atoms with van der Waals surface area (Å²) < 4.78 is 2.30. The summed E-state index contributed by atoms with van der Waals surface area (Å²) in [7, 11) is 1.77. The largest absolute Gasteiger partial charge is 0.342 e. The SMILES string of the molecule is CN1OC1=S.Cc1nc(C(C)C)c(Sc2ccccc2)n1Cc1cccnc1. The van der Waals surface area contributed by atoms with E-state index in [2.05, 4.69) is 77.7 Å². The lowest BCUT2D eigenvalue weighted by molar-refractivity contribution is 0.243. The van der Waals surface area contributed by atoms with Crippen molar-refractivity contribution in [2.75, 3.05) is 7.05 Å². The van der Waals surface area contributed by atoms with Gasteiger partial charge in [0.15, 0.2) is 0 Å². The number of benzene rings is 1. The summed E-state index contributed by atoms with van der Waals surface area (Å²) in [5, 5.41) is 3.34. The molecular formula is C21H24N4OS2. The first kappa shape index (κ1) is 20.4. The molecule has 0 atom stereocenters. The molecule has 7 heteroatoms. The zero-order valence-electron chi connectivity index (χ0n) is 16.5. The second-order valence-electron chi connectivity index (χ2n) is 6.72. The Morgan fingerprint density at radius 2 is 1.82 bits per heavy atom. The number of thiocarbonyl (C=S) groups is 1. The van der Waals surface area contributed by atoms with E-state index in [4.69, 9.17) is 4.98 Å². The fourth-order valence-electron chi connectivity index (χ4n) is 2.61. The van der Waals surface area contributed by atoms with Gasteiger partial charge in [-0.15, -0.1) is 0 Å². The van der Waals surface area contributed by atoms with Crippen LogP contribution in [0.4, 0.5) is 0 Å². The van der Waals surface area contributed by atoms with Gasteiger partial charge in [0.05, 0.1) is 12.2 Å². The summed E-state index contributed by atoms with van der Waals surface area (Å²) in [6.07, 6.45) is 3.73. The minimum absolute atomic E-state index is 0.398. The van der Waals surface area contributed by atoms with Gasteiger partial charge in [-0.05, 0) is 48.8 Å². The van der Waals surface area contributed by atoms with Crippen molar-refractivity contribution in [1.82, 2.24) is 19.6 Å². The zero-order valence-corrected chi connectivity index (χ0v) is 18.1. The van der Waals surface area contributed by atoms with Crippen molar-refractivity contribution in [3.05, 3.63) is 71.9 Å². The first-order chi connectivity index (χ1) is 13.5. The van der Waals surface area contributed by atoms with Crippen LogP contribution >= 0.6 is 24.0 Å². The molecule has 0 radical (unpaired) electrons. The highest BCUT2D eigenvalue weighted by Gasteiger charge is 2.21. The second kappa shape index (κ2) is 9.21.